The Morgan fingerprint density at radius 3 is 2.47 bits per heavy atom. The van der Waals surface area contributed by atoms with Gasteiger partial charge in [0.25, 0.3) is 5.56 Å². The summed E-state index contributed by atoms with van der Waals surface area (Å²) in [7, 11) is 1.52. The van der Waals surface area contributed by atoms with Gasteiger partial charge in [-0.15, -0.1) is 0 Å². The van der Waals surface area contributed by atoms with Crippen LogP contribution in [-0.4, -0.2) is 35.0 Å². The smallest absolute Gasteiger partial charge is 0.336 e. The summed E-state index contributed by atoms with van der Waals surface area (Å²) in [6, 6.07) is 18.7. The second-order valence-electron chi connectivity index (χ2n) is 8.41. The highest BCUT2D eigenvalue weighted by Gasteiger charge is 2.16. The first kappa shape index (κ1) is 24.7. The van der Waals surface area contributed by atoms with Crippen molar-refractivity contribution in [3.05, 3.63) is 104 Å². The second kappa shape index (κ2) is 10.9. The van der Waals surface area contributed by atoms with Gasteiger partial charge in [0.1, 0.15) is 12.0 Å². The summed E-state index contributed by atoms with van der Waals surface area (Å²) in [4.78, 5) is 50.5. The Hall–Kier alpha value is -4.46. The van der Waals surface area contributed by atoms with Crippen molar-refractivity contribution in [3.63, 3.8) is 0 Å². The van der Waals surface area contributed by atoms with Crippen LogP contribution in [0.25, 0.3) is 16.6 Å². The van der Waals surface area contributed by atoms with E-state index in [9.17, 15) is 19.2 Å². The van der Waals surface area contributed by atoms with Crippen LogP contribution in [0.4, 0.5) is 0 Å². The molecule has 4 aromatic rings. The van der Waals surface area contributed by atoms with Crippen molar-refractivity contribution in [3.8, 4) is 11.4 Å². The molecule has 1 aromatic heterocycles. The number of methoxy groups -OCH3 is 1. The predicted molar refractivity (Wildman–Crippen MR) is 138 cm³/mol. The Bertz CT molecular complexity index is 1530. The first-order valence-electron chi connectivity index (χ1n) is 11.7. The molecule has 0 radical (unpaired) electrons. The van der Waals surface area contributed by atoms with Crippen molar-refractivity contribution < 1.29 is 14.3 Å². The van der Waals surface area contributed by atoms with Gasteiger partial charge in [0.15, 0.2) is 0 Å². The lowest BCUT2D eigenvalue weighted by Crippen LogP contribution is -2.39. The molecule has 1 amide bonds. The van der Waals surface area contributed by atoms with Gasteiger partial charge in [-0.2, -0.15) is 0 Å². The molecule has 0 aliphatic rings. The number of hydrogen-bond donors (Lipinski definition) is 1. The Labute approximate surface area is 207 Å². The molecule has 8 heteroatoms. The molecule has 184 valence electrons. The molecule has 0 bridgehead atoms. The van der Waals surface area contributed by atoms with Crippen molar-refractivity contribution in [2.24, 2.45) is 0 Å². The van der Waals surface area contributed by atoms with E-state index in [1.807, 2.05) is 6.92 Å². The zero-order chi connectivity index (χ0) is 25.7. The fraction of sp³-hybridized carbons (Fsp3) is 0.214. The Morgan fingerprint density at radius 2 is 1.78 bits per heavy atom. The third kappa shape index (κ3) is 4.98. The van der Waals surface area contributed by atoms with E-state index in [1.54, 1.807) is 66.7 Å². The number of nitrogens with one attached hydrogen (secondary N) is 1. The van der Waals surface area contributed by atoms with Crippen LogP contribution in [0.15, 0.2) is 76.3 Å². The van der Waals surface area contributed by atoms with Gasteiger partial charge in [-0.25, -0.2) is 9.36 Å². The van der Waals surface area contributed by atoms with Gasteiger partial charge < -0.3 is 10.1 Å². The van der Waals surface area contributed by atoms with E-state index in [-0.39, 0.29) is 18.9 Å². The quantitative estimate of drug-likeness (QED) is 0.367. The minimum Gasteiger partial charge on any atom is -0.496 e. The number of rotatable bonds is 9. The van der Waals surface area contributed by atoms with E-state index < -0.39 is 11.2 Å². The van der Waals surface area contributed by atoms with Crippen molar-refractivity contribution in [2.75, 3.05) is 13.7 Å². The molecule has 0 aliphatic carbocycles. The lowest BCUT2D eigenvalue weighted by atomic mass is 10.1. The number of hydrogen-bond acceptors (Lipinski definition) is 5. The van der Waals surface area contributed by atoms with E-state index >= 15 is 0 Å². The number of ether oxygens (including phenoxy) is 1. The summed E-state index contributed by atoms with van der Waals surface area (Å²) < 4.78 is 8.06. The summed E-state index contributed by atoms with van der Waals surface area (Å²) >= 11 is 0. The summed E-state index contributed by atoms with van der Waals surface area (Å²) in [5.74, 6) is 0.446. The van der Waals surface area contributed by atoms with Gasteiger partial charge in [-0.05, 0) is 54.4 Å². The molecule has 1 N–H and O–H groups in total. The summed E-state index contributed by atoms with van der Waals surface area (Å²) in [6.07, 6.45) is 1.80. The molecule has 36 heavy (non-hydrogen) atoms. The van der Waals surface area contributed by atoms with E-state index in [1.165, 1.54) is 11.7 Å². The van der Waals surface area contributed by atoms with Crippen LogP contribution in [0.5, 0.6) is 5.75 Å². The van der Waals surface area contributed by atoms with Crippen LogP contribution >= 0.6 is 0 Å². The molecule has 4 rings (SSSR count). The molecule has 0 aliphatic heterocycles. The van der Waals surface area contributed by atoms with Crippen molar-refractivity contribution in [2.45, 2.75) is 26.3 Å². The molecule has 0 unspecified atom stereocenters. The van der Waals surface area contributed by atoms with E-state index in [2.05, 4.69) is 5.32 Å². The van der Waals surface area contributed by atoms with Gasteiger partial charge in [0.05, 0.1) is 36.7 Å². The van der Waals surface area contributed by atoms with Crippen LogP contribution in [0.3, 0.4) is 0 Å². The number of benzene rings is 3. The zero-order valence-electron chi connectivity index (χ0n) is 20.2. The molecular formula is C28H27N3O5. The fourth-order valence-electron chi connectivity index (χ4n) is 4.14. The summed E-state index contributed by atoms with van der Waals surface area (Å²) in [5.41, 5.74) is 1.78. The van der Waals surface area contributed by atoms with E-state index in [0.29, 0.717) is 40.0 Å². The SMILES string of the molecule is CCCNC(=O)Cc1ccc(-n2c(=O)c3ccccc3n(Cc3cc(C=O)ccc3OC)c2=O)cc1. The maximum Gasteiger partial charge on any atom is 0.336 e. The van der Waals surface area contributed by atoms with Gasteiger partial charge in [-0.1, -0.05) is 31.2 Å². The highest BCUT2D eigenvalue weighted by molar-refractivity contribution is 5.79. The Balaban J connectivity index is 1.81. The topological polar surface area (TPSA) is 99.4 Å². The van der Waals surface area contributed by atoms with Crippen LogP contribution in [0.2, 0.25) is 0 Å². The molecule has 0 atom stereocenters. The minimum absolute atomic E-state index is 0.0821. The molecule has 8 nitrogen and oxygen atoms in total. The van der Waals surface area contributed by atoms with Crippen molar-refractivity contribution in [1.29, 1.82) is 0 Å². The lowest BCUT2D eigenvalue weighted by Gasteiger charge is -2.16. The molecule has 3 aromatic carbocycles. The highest BCUT2D eigenvalue weighted by atomic mass is 16.5. The number of amides is 1. The average molecular weight is 486 g/mol. The first-order chi connectivity index (χ1) is 17.5. The first-order valence-corrected chi connectivity index (χ1v) is 11.7. The summed E-state index contributed by atoms with van der Waals surface area (Å²) in [6.45, 7) is 2.70. The normalized spacial score (nSPS) is 10.8. The minimum atomic E-state index is -0.523. The molecule has 0 saturated carbocycles. The van der Waals surface area contributed by atoms with E-state index in [4.69, 9.17) is 4.74 Å². The standard InChI is InChI=1S/C28H27N3O5/c1-3-14-29-26(33)16-19-8-11-22(12-9-19)31-27(34)23-6-4-5-7-24(23)30(28(31)35)17-21-15-20(18-32)10-13-25(21)36-2/h4-13,15,18H,3,14,16-17H2,1-2H3,(H,29,33). The second-order valence-corrected chi connectivity index (χ2v) is 8.41. The number of fused-ring (bicyclic) bond motifs is 1. The third-order valence-electron chi connectivity index (χ3n) is 5.95. The summed E-state index contributed by atoms with van der Waals surface area (Å²) in [5, 5.41) is 3.21. The van der Waals surface area contributed by atoms with Gasteiger partial charge >= 0.3 is 5.69 Å². The molecule has 0 saturated heterocycles. The Kier molecular flexibility index (Phi) is 7.44. The van der Waals surface area contributed by atoms with Crippen LogP contribution < -0.4 is 21.3 Å². The van der Waals surface area contributed by atoms with Crippen molar-refractivity contribution >= 4 is 23.1 Å². The maximum atomic E-state index is 13.7. The average Bonchev–Trinajstić information content (AvgIpc) is 2.90. The monoisotopic (exact) mass is 485 g/mol. The molecular weight excluding hydrogens is 458 g/mol. The number of nitrogens with zero attached hydrogens (tertiary/aromatic N) is 2. The molecule has 1 heterocycles. The van der Waals surface area contributed by atoms with Crippen LogP contribution in [-0.2, 0) is 17.8 Å². The van der Waals surface area contributed by atoms with Gasteiger partial charge in [0, 0.05) is 17.7 Å². The van der Waals surface area contributed by atoms with Crippen LogP contribution in [0.1, 0.15) is 34.8 Å². The lowest BCUT2D eigenvalue weighted by molar-refractivity contribution is -0.120. The Morgan fingerprint density at radius 1 is 1.03 bits per heavy atom. The van der Waals surface area contributed by atoms with Crippen molar-refractivity contribution in [1.82, 2.24) is 14.5 Å². The fourth-order valence-corrected chi connectivity index (χ4v) is 4.14. The number of carbonyl (C=O) groups is 2. The van der Waals surface area contributed by atoms with Gasteiger partial charge in [-0.3, -0.25) is 19.0 Å². The largest absolute Gasteiger partial charge is 0.496 e. The number of aldehydes is 1. The third-order valence-corrected chi connectivity index (χ3v) is 5.95. The number of aromatic nitrogens is 2. The van der Waals surface area contributed by atoms with Crippen LogP contribution in [0, 0.1) is 0 Å². The molecule has 0 spiro atoms. The zero-order valence-corrected chi connectivity index (χ0v) is 20.2. The van der Waals surface area contributed by atoms with E-state index in [0.717, 1.165) is 22.8 Å². The predicted octanol–water partition coefficient (Wildman–Crippen LogP) is 3.09. The van der Waals surface area contributed by atoms with Gasteiger partial charge in [0.2, 0.25) is 5.91 Å². The highest BCUT2D eigenvalue weighted by Crippen LogP contribution is 2.21. The maximum absolute atomic E-state index is 13.7. The number of para-hydroxylation sites is 1. The molecule has 0 fully saturated rings. The number of carbonyl (C=O) groups excluding carboxylic acids is 2.